The van der Waals surface area contributed by atoms with E-state index in [2.05, 4.69) is 9.97 Å². The molecule has 0 fully saturated rings. The molecule has 0 saturated carbocycles. The summed E-state index contributed by atoms with van der Waals surface area (Å²) in [5, 5.41) is 10.0. The highest BCUT2D eigenvalue weighted by Crippen LogP contribution is 2.33. The molecule has 13 heavy (non-hydrogen) atoms. The number of hydrogen-bond donors (Lipinski definition) is 2. The molecule has 4 heteroatoms. The quantitative estimate of drug-likeness (QED) is 0.733. The van der Waals surface area contributed by atoms with Gasteiger partial charge in [0.1, 0.15) is 5.75 Å². The topological polar surface area (TPSA) is 48.9 Å². The van der Waals surface area contributed by atoms with E-state index in [0.29, 0.717) is 16.3 Å². The number of hydrogen-bond acceptors (Lipinski definition) is 2. The number of nitrogens with one attached hydrogen (secondary N) is 1. The van der Waals surface area contributed by atoms with E-state index in [1.165, 1.54) is 6.33 Å². The van der Waals surface area contributed by atoms with Gasteiger partial charge in [-0.25, -0.2) is 4.98 Å². The average molecular weight is 195 g/mol. The summed E-state index contributed by atoms with van der Waals surface area (Å²) in [6, 6.07) is 5.00. The van der Waals surface area contributed by atoms with E-state index in [0.717, 1.165) is 0 Å². The average Bonchev–Trinajstić information content (AvgIpc) is 2.57. The number of imidazole rings is 1. The zero-order chi connectivity index (χ0) is 9.26. The van der Waals surface area contributed by atoms with Crippen LogP contribution in [-0.4, -0.2) is 15.1 Å². The lowest BCUT2D eigenvalue weighted by Gasteiger charge is -2.03. The number of aromatic amines is 1. The molecule has 0 saturated heterocycles. The van der Waals surface area contributed by atoms with E-state index in [9.17, 15) is 5.11 Å². The van der Waals surface area contributed by atoms with Gasteiger partial charge < -0.3 is 10.1 Å². The lowest BCUT2D eigenvalue weighted by molar-refractivity contribution is 0.477. The molecular weight excluding hydrogens is 188 g/mol. The molecule has 0 bridgehead atoms. The number of rotatable bonds is 1. The van der Waals surface area contributed by atoms with Crippen LogP contribution in [0.15, 0.2) is 30.7 Å². The van der Waals surface area contributed by atoms with Crippen molar-refractivity contribution in [3.05, 3.63) is 35.7 Å². The van der Waals surface area contributed by atoms with Crippen molar-refractivity contribution in [2.45, 2.75) is 0 Å². The van der Waals surface area contributed by atoms with Gasteiger partial charge >= 0.3 is 0 Å². The second-order valence-corrected chi connectivity index (χ2v) is 3.01. The Kier molecular flexibility index (Phi) is 1.94. The van der Waals surface area contributed by atoms with Crippen LogP contribution in [0, 0.1) is 0 Å². The largest absolute Gasteiger partial charge is 0.507 e. The summed E-state index contributed by atoms with van der Waals surface area (Å²) >= 11 is 5.91. The first-order valence-electron chi connectivity index (χ1n) is 3.75. The Balaban J connectivity index is 2.64. The molecule has 0 atom stereocenters. The maximum atomic E-state index is 9.53. The van der Waals surface area contributed by atoms with Gasteiger partial charge in [-0.1, -0.05) is 17.7 Å². The Morgan fingerprint density at radius 1 is 1.38 bits per heavy atom. The molecule has 0 radical (unpaired) electrons. The van der Waals surface area contributed by atoms with Gasteiger partial charge in [0, 0.05) is 0 Å². The van der Waals surface area contributed by atoms with E-state index in [1.807, 2.05) is 0 Å². The highest BCUT2D eigenvalue weighted by molar-refractivity contribution is 6.33. The molecule has 3 nitrogen and oxygen atoms in total. The zero-order valence-electron chi connectivity index (χ0n) is 6.66. The Labute approximate surface area is 80.0 Å². The minimum atomic E-state index is 0.150. The van der Waals surface area contributed by atoms with E-state index < -0.39 is 0 Å². The van der Waals surface area contributed by atoms with Crippen molar-refractivity contribution in [1.29, 1.82) is 0 Å². The first-order valence-corrected chi connectivity index (χ1v) is 4.13. The fourth-order valence-corrected chi connectivity index (χ4v) is 1.44. The summed E-state index contributed by atoms with van der Waals surface area (Å²) in [5.74, 6) is 0.150. The molecule has 2 aromatic rings. The first kappa shape index (κ1) is 8.13. The van der Waals surface area contributed by atoms with Gasteiger partial charge in [-0.15, -0.1) is 0 Å². The molecular formula is C9H7ClN2O. The minimum absolute atomic E-state index is 0.150. The predicted molar refractivity (Wildman–Crippen MR) is 50.7 cm³/mol. The Hall–Kier alpha value is -1.48. The maximum Gasteiger partial charge on any atom is 0.126 e. The molecule has 0 aliphatic rings. The molecule has 0 aliphatic carbocycles. The summed E-state index contributed by atoms with van der Waals surface area (Å²) < 4.78 is 0. The molecule has 0 amide bonds. The van der Waals surface area contributed by atoms with Gasteiger partial charge in [-0.2, -0.15) is 0 Å². The Morgan fingerprint density at radius 3 is 2.85 bits per heavy atom. The van der Waals surface area contributed by atoms with Crippen molar-refractivity contribution < 1.29 is 5.11 Å². The van der Waals surface area contributed by atoms with Crippen LogP contribution in [0.25, 0.3) is 11.3 Å². The molecule has 0 aliphatic heterocycles. The molecule has 2 N–H and O–H groups in total. The SMILES string of the molecule is Oc1cccc(Cl)c1-c1cnc[nH]1. The smallest absolute Gasteiger partial charge is 0.126 e. The standard InChI is InChI=1S/C9H7ClN2O/c10-6-2-1-3-8(13)9(6)7-4-11-5-12-7/h1-5,13H,(H,11,12). The summed E-state index contributed by atoms with van der Waals surface area (Å²) in [4.78, 5) is 6.74. The Morgan fingerprint density at radius 2 is 2.23 bits per heavy atom. The minimum Gasteiger partial charge on any atom is -0.507 e. The van der Waals surface area contributed by atoms with Crippen molar-refractivity contribution in [3.63, 3.8) is 0 Å². The van der Waals surface area contributed by atoms with Crippen molar-refractivity contribution in [1.82, 2.24) is 9.97 Å². The number of nitrogens with zero attached hydrogens (tertiary/aromatic N) is 1. The number of phenolic OH excluding ortho intramolecular Hbond substituents is 1. The van der Waals surface area contributed by atoms with Crippen LogP contribution in [0.4, 0.5) is 0 Å². The number of benzene rings is 1. The van der Waals surface area contributed by atoms with Crippen molar-refractivity contribution in [3.8, 4) is 17.0 Å². The maximum absolute atomic E-state index is 9.53. The van der Waals surface area contributed by atoms with Crippen LogP contribution in [0.2, 0.25) is 5.02 Å². The fraction of sp³-hybridized carbons (Fsp3) is 0. The van der Waals surface area contributed by atoms with E-state index in [1.54, 1.807) is 24.4 Å². The predicted octanol–water partition coefficient (Wildman–Crippen LogP) is 2.44. The third-order valence-corrected chi connectivity index (χ3v) is 2.07. The second kappa shape index (κ2) is 3.11. The van der Waals surface area contributed by atoms with Gasteiger partial charge in [0.25, 0.3) is 0 Å². The molecule has 2 rings (SSSR count). The van der Waals surface area contributed by atoms with Gasteiger partial charge in [0.15, 0.2) is 0 Å². The number of H-pyrrole nitrogens is 1. The number of phenols is 1. The lowest BCUT2D eigenvalue weighted by Crippen LogP contribution is -1.79. The molecule has 0 unspecified atom stereocenters. The number of halogens is 1. The van der Waals surface area contributed by atoms with Crippen molar-refractivity contribution in [2.75, 3.05) is 0 Å². The third kappa shape index (κ3) is 1.38. The van der Waals surface area contributed by atoms with E-state index >= 15 is 0 Å². The Bertz CT molecular complexity index is 391. The summed E-state index contributed by atoms with van der Waals surface area (Å²) in [7, 11) is 0. The summed E-state index contributed by atoms with van der Waals surface area (Å²) in [6.45, 7) is 0. The third-order valence-electron chi connectivity index (χ3n) is 1.76. The van der Waals surface area contributed by atoms with Gasteiger partial charge in [0.2, 0.25) is 0 Å². The summed E-state index contributed by atoms with van der Waals surface area (Å²) in [5.41, 5.74) is 1.30. The number of aromatic nitrogens is 2. The monoisotopic (exact) mass is 194 g/mol. The first-order chi connectivity index (χ1) is 6.29. The van der Waals surface area contributed by atoms with Crippen LogP contribution in [-0.2, 0) is 0 Å². The zero-order valence-corrected chi connectivity index (χ0v) is 7.42. The van der Waals surface area contributed by atoms with Gasteiger partial charge in [-0.05, 0) is 12.1 Å². The van der Waals surface area contributed by atoms with Gasteiger partial charge in [0.05, 0.1) is 28.8 Å². The van der Waals surface area contributed by atoms with Crippen molar-refractivity contribution >= 4 is 11.6 Å². The molecule has 0 spiro atoms. The highest BCUT2D eigenvalue weighted by atomic mass is 35.5. The molecule has 1 aromatic heterocycles. The lowest BCUT2D eigenvalue weighted by atomic mass is 10.1. The van der Waals surface area contributed by atoms with Crippen molar-refractivity contribution in [2.24, 2.45) is 0 Å². The van der Waals surface area contributed by atoms with Crippen LogP contribution < -0.4 is 0 Å². The van der Waals surface area contributed by atoms with Crippen LogP contribution in [0.3, 0.4) is 0 Å². The van der Waals surface area contributed by atoms with E-state index in [-0.39, 0.29) is 5.75 Å². The van der Waals surface area contributed by atoms with Crippen LogP contribution in [0.5, 0.6) is 5.75 Å². The van der Waals surface area contributed by atoms with Crippen LogP contribution >= 0.6 is 11.6 Å². The molecule has 1 heterocycles. The number of aromatic hydroxyl groups is 1. The van der Waals surface area contributed by atoms with Crippen LogP contribution in [0.1, 0.15) is 0 Å². The highest BCUT2D eigenvalue weighted by Gasteiger charge is 2.08. The molecule has 1 aromatic carbocycles. The van der Waals surface area contributed by atoms with Gasteiger partial charge in [-0.3, -0.25) is 0 Å². The molecule has 66 valence electrons. The normalized spacial score (nSPS) is 10.2. The summed E-state index contributed by atoms with van der Waals surface area (Å²) in [6.07, 6.45) is 3.15. The van der Waals surface area contributed by atoms with E-state index in [4.69, 9.17) is 11.6 Å². The fourth-order valence-electron chi connectivity index (χ4n) is 1.17. The second-order valence-electron chi connectivity index (χ2n) is 2.60.